The van der Waals surface area contributed by atoms with Crippen molar-refractivity contribution in [2.75, 3.05) is 7.11 Å². The Morgan fingerprint density at radius 2 is 2.00 bits per heavy atom. The fraction of sp³-hybridized carbons (Fsp3) is 0.500. The van der Waals surface area contributed by atoms with Crippen LogP contribution >= 0.6 is 0 Å². The summed E-state index contributed by atoms with van der Waals surface area (Å²) in [6.07, 6.45) is 0.552. The second-order valence-electron chi connectivity index (χ2n) is 5.57. The van der Waals surface area contributed by atoms with Crippen molar-refractivity contribution in [3.63, 3.8) is 0 Å². The van der Waals surface area contributed by atoms with Crippen LogP contribution in [-0.2, 0) is 16.0 Å². The molecule has 1 unspecified atom stereocenters. The van der Waals surface area contributed by atoms with E-state index in [0.29, 0.717) is 6.42 Å². The number of rotatable bonds is 7. The summed E-state index contributed by atoms with van der Waals surface area (Å²) in [5.74, 6) is -0.379. The van der Waals surface area contributed by atoms with E-state index >= 15 is 0 Å². The molecular weight excluding hydrogens is 270 g/mol. The zero-order valence-corrected chi connectivity index (χ0v) is 13.0. The third-order valence-electron chi connectivity index (χ3n) is 3.18. The molecule has 1 atom stereocenters. The quantitative estimate of drug-likeness (QED) is 0.808. The van der Waals surface area contributed by atoms with Crippen LogP contribution in [0.1, 0.15) is 31.4 Å². The molecule has 0 saturated carbocycles. The van der Waals surface area contributed by atoms with Gasteiger partial charge < -0.3 is 15.2 Å². The number of ether oxygens (including phenoxy) is 1. The molecule has 0 bridgehead atoms. The van der Waals surface area contributed by atoms with Crippen LogP contribution in [-0.4, -0.2) is 30.1 Å². The second kappa shape index (κ2) is 7.67. The van der Waals surface area contributed by atoms with E-state index in [9.17, 15) is 9.59 Å². The van der Waals surface area contributed by atoms with Crippen LogP contribution in [0.15, 0.2) is 18.2 Å². The van der Waals surface area contributed by atoms with Crippen molar-refractivity contribution in [1.82, 2.24) is 5.32 Å². The van der Waals surface area contributed by atoms with Crippen LogP contribution in [0.25, 0.3) is 0 Å². The third kappa shape index (κ3) is 5.45. The number of amides is 1. The van der Waals surface area contributed by atoms with Gasteiger partial charge in [0.05, 0.1) is 13.5 Å². The maximum Gasteiger partial charge on any atom is 0.326 e. The Labute approximate surface area is 125 Å². The van der Waals surface area contributed by atoms with E-state index in [4.69, 9.17) is 9.84 Å². The first-order valence-electron chi connectivity index (χ1n) is 6.99. The molecule has 0 aromatic heterocycles. The molecule has 1 aromatic rings. The van der Waals surface area contributed by atoms with Gasteiger partial charge >= 0.3 is 5.97 Å². The highest BCUT2D eigenvalue weighted by atomic mass is 16.5. The number of carbonyl (C=O) groups is 2. The number of aryl methyl sites for hydroxylation is 1. The van der Waals surface area contributed by atoms with Gasteiger partial charge in [-0.15, -0.1) is 0 Å². The molecule has 0 saturated heterocycles. The molecule has 1 aromatic carbocycles. The first kappa shape index (κ1) is 17.0. The summed E-state index contributed by atoms with van der Waals surface area (Å²) in [6, 6.07) is 4.68. The van der Waals surface area contributed by atoms with E-state index in [1.165, 1.54) is 0 Å². The average Bonchev–Trinajstić information content (AvgIpc) is 2.39. The normalized spacial score (nSPS) is 12.0. The predicted octanol–water partition coefficient (Wildman–Crippen LogP) is 2.16. The van der Waals surface area contributed by atoms with Crippen molar-refractivity contribution in [3.05, 3.63) is 29.3 Å². The summed E-state index contributed by atoms with van der Waals surface area (Å²) in [5.41, 5.74) is 1.79. The summed E-state index contributed by atoms with van der Waals surface area (Å²) in [6.45, 7) is 5.77. The molecule has 5 nitrogen and oxygen atoms in total. The molecule has 0 radical (unpaired) electrons. The van der Waals surface area contributed by atoms with Crippen LogP contribution in [0.4, 0.5) is 0 Å². The lowest BCUT2D eigenvalue weighted by molar-refractivity contribution is -0.142. The number of carbonyl (C=O) groups excluding carboxylic acids is 1. The zero-order valence-electron chi connectivity index (χ0n) is 13.0. The van der Waals surface area contributed by atoms with Crippen LogP contribution in [0.2, 0.25) is 0 Å². The second-order valence-corrected chi connectivity index (χ2v) is 5.57. The number of hydrogen-bond donors (Lipinski definition) is 2. The maximum atomic E-state index is 12.0. The molecule has 21 heavy (non-hydrogen) atoms. The van der Waals surface area contributed by atoms with Gasteiger partial charge in [-0.3, -0.25) is 4.79 Å². The number of benzene rings is 1. The van der Waals surface area contributed by atoms with Gasteiger partial charge in [0.15, 0.2) is 0 Å². The Balaban J connectivity index is 2.69. The lowest BCUT2D eigenvalue weighted by atomic mass is 10.0. The summed E-state index contributed by atoms with van der Waals surface area (Å²) < 4.78 is 5.21. The minimum Gasteiger partial charge on any atom is -0.496 e. The molecule has 0 heterocycles. The van der Waals surface area contributed by atoms with E-state index in [0.717, 1.165) is 16.9 Å². The Morgan fingerprint density at radius 3 is 2.52 bits per heavy atom. The van der Waals surface area contributed by atoms with E-state index in [1.807, 2.05) is 32.9 Å². The van der Waals surface area contributed by atoms with Crippen molar-refractivity contribution in [3.8, 4) is 5.75 Å². The van der Waals surface area contributed by atoms with Gasteiger partial charge in [-0.05, 0) is 36.5 Å². The number of methoxy groups -OCH3 is 1. The molecule has 1 amide bonds. The molecular formula is C16H23NO4. The SMILES string of the molecule is COc1cc(CC(=O)NC(CC(C)C)C(=O)O)ccc1C. The van der Waals surface area contributed by atoms with Gasteiger partial charge in [0.1, 0.15) is 11.8 Å². The highest BCUT2D eigenvalue weighted by molar-refractivity contribution is 5.84. The fourth-order valence-electron chi connectivity index (χ4n) is 2.10. The van der Waals surface area contributed by atoms with Crippen molar-refractivity contribution in [2.24, 2.45) is 5.92 Å². The average molecular weight is 293 g/mol. The first-order valence-corrected chi connectivity index (χ1v) is 6.99. The minimum absolute atomic E-state index is 0.137. The van der Waals surface area contributed by atoms with Gasteiger partial charge in [-0.25, -0.2) is 4.79 Å². The molecule has 1 rings (SSSR count). The number of hydrogen-bond acceptors (Lipinski definition) is 3. The lowest BCUT2D eigenvalue weighted by Crippen LogP contribution is -2.42. The zero-order chi connectivity index (χ0) is 16.0. The number of carboxylic acids is 1. The number of nitrogens with one attached hydrogen (secondary N) is 1. The molecule has 0 aliphatic carbocycles. The molecule has 5 heteroatoms. The van der Waals surface area contributed by atoms with Crippen LogP contribution in [0.5, 0.6) is 5.75 Å². The molecule has 0 aliphatic rings. The smallest absolute Gasteiger partial charge is 0.326 e. The minimum atomic E-state index is -1.00. The summed E-state index contributed by atoms with van der Waals surface area (Å²) in [5, 5.41) is 11.7. The number of carboxylic acid groups (broad SMARTS) is 1. The topological polar surface area (TPSA) is 75.6 Å². The van der Waals surface area contributed by atoms with Gasteiger partial charge in [0.25, 0.3) is 0 Å². The third-order valence-corrected chi connectivity index (χ3v) is 3.18. The van der Waals surface area contributed by atoms with Crippen LogP contribution < -0.4 is 10.1 Å². The van der Waals surface area contributed by atoms with Gasteiger partial charge in [-0.2, -0.15) is 0 Å². The van der Waals surface area contributed by atoms with E-state index in [2.05, 4.69) is 5.32 Å². The van der Waals surface area contributed by atoms with Crippen molar-refractivity contribution in [2.45, 2.75) is 39.7 Å². The molecule has 0 fully saturated rings. The summed E-state index contributed by atoms with van der Waals surface area (Å²) in [4.78, 5) is 23.1. The van der Waals surface area contributed by atoms with Gasteiger partial charge in [0, 0.05) is 0 Å². The monoisotopic (exact) mass is 293 g/mol. The van der Waals surface area contributed by atoms with Gasteiger partial charge in [-0.1, -0.05) is 26.0 Å². The van der Waals surface area contributed by atoms with Gasteiger partial charge in [0.2, 0.25) is 5.91 Å². The fourth-order valence-corrected chi connectivity index (χ4v) is 2.10. The van der Waals surface area contributed by atoms with E-state index < -0.39 is 12.0 Å². The summed E-state index contributed by atoms with van der Waals surface area (Å²) in [7, 11) is 1.58. The highest BCUT2D eigenvalue weighted by Crippen LogP contribution is 2.19. The molecule has 116 valence electrons. The van der Waals surface area contributed by atoms with Crippen molar-refractivity contribution in [1.29, 1.82) is 0 Å². The van der Waals surface area contributed by atoms with Crippen LogP contribution in [0.3, 0.4) is 0 Å². The Hall–Kier alpha value is -2.04. The molecule has 2 N–H and O–H groups in total. The van der Waals surface area contributed by atoms with Crippen LogP contribution in [0, 0.1) is 12.8 Å². The summed E-state index contributed by atoms with van der Waals surface area (Å²) >= 11 is 0. The van der Waals surface area contributed by atoms with Crippen molar-refractivity contribution >= 4 is 11.9 Å². The van der Waals surface area contributed by atoms with E-state index in [-0.39, 0.29) is 18.2 Å². The predicted molar refractivity (Wildman–Crippen MR) is 80.5 cm³/mol. The highest BCUT2D eigenvalue weighted by Gasteiger charge is 2.21. The maximum absolute atomic E-state index is 12.0. The lowest BCUT2D eigenvalue weighted by Gasteiger charge is -2.16. The van der Waals surface area contributed by atoms with E-state index in [1.54, 1.807) is 13.2 Å². The Bertz CT molecular complexity index is 511. The van der Waals surface area contributed by atoms with Crippen molar-refractivity contribution < 1.29 is 19.4 Å². The molecule has 0 spiro atoms. The molecule has 0 aliphatic heterocycles. The number of aliphatic carboxylic acids is 1. The first-order chi connectivity index (χ1) is 9.83. The Morgan fingerprint density at radius 1 is 1.33 bits per heavy atom. The standard InChI is InChI=1S/C16H23NO4/c1-10(2)7-13(16(19)20)17-15(18)9-12-6-5-11(3)14(8-12)21-4/h5-6,8,10,13H,7,9H2,1-4H3,(H,17,18)(H,19,20). The largest absolute Gasteiger partial charge is 0.496 e. The Kier molecular flexibility index (Phi) is 6.21.